The maximum absolute atomic E-state index is 12.4. The van der Waals surface area contributed by atoms with E-state index in [0.29, 0.717) is 18.3 Å². The summed E-state index contributed by atoms with van der Waals surface area (Å²) in [5.41, 5.74) is 2.19. The molecular weight excluding hydrogens is 298 g/mol. The highest BCUT2D eigenvalue weighted by Crippen LogP contribution is 2.31. The molecule has 1 aromatic heterocycles. The molecule has 5 nitrogen and oxygen atoms in total. The molecule has 1 amide bonds. The number of carbonyl (C=O) groups excluding carboxylic acids is 1. The molecule has 0 unspecified atom stereocenters. The number of carbonyl (C=O) groups is 1. The van der Waals surface area contributed by atoms with Crippen LogP contribution in [0.3, 0.4) is 0 Å². The number of anilines is 1. The van der Waals surface area contributed by atoms with Crippen molar-refractivity contribution < 1.29 is 9.53 Å². The fraction of sp³-hybridized carbons (Fsp3) is 0.438. The van der Waals surface area contributed by atoms with Crippen LogP contribution in [0.25, 0.3) is 10.6 Å². The quantitative estimate of drug-likeness (QED) is 0.821. The Hall–Kier alpha value is -1.79. The van der Waals surface area contributed by atoms with Gasteiger partial charge in [0.05, 0.1) is 13.2 Å². The van der Waals surface area contributed by atoms with E-state index in [1.54, 1.807) is 12.0 Å². The van der Waals surface area contributed by atoms with Crippen LogP contribution in [0.1, 0.15) is 19.4 Å². The molecule has 0 aliphatic carbocycles. The highest BCUT2D eigenvalue weighted by molar-refractivity contribution is 7.18. The van der Waals surface area contributed by atoms with Gasteiger partial charge in [0.1, 0.15) is 5.01 Å². The summed E-state index contributed by atoms with van der Waals surface area (Å²) >= 11 is 1.43. The highest BCUT2D eigenvalue weighted by Gasteiger charge is 2.22. The Kier molecular flexibility index (Phi) is 5.63. The number of hydrogen-bond acceptors (Lipinski definition) is 5. The van der Waals surface area contributed by atoms with E-state index in [9.17, 15) is 4.79 Å². The fourth-order valence-electron chi connectivity index (χ4n) is 2.04. The maximum atomic E-state index is 12.4. The first-order valence-corrected chi connectivity index (χ1v) is 8.06. The number of aromatic nitrogens is 2. The summed E-state index contributed by atoms with van der Waals surface area (Å²) in [5, 5.41) is 9.91. The molecule has 22 heavy (non-hydrogen) atoms. The summed E-state index contributed by atoms with van der Waals surface area (Å²) in [4.78, 5) is 14.0. The molecule has 0 aliphatic rings. The SMILES string of the molecule is COCCN(C(=O)C(C)C)c1nnc(-c2ccccc2C)s1. The number of amides is 1. The minimum Gasteiger partial charge on any atom is -0.383 e. The van der Waals surface area contributed by atoms with Gasteiger partial charge in [-0.05, 0) is 12.5 Å². The van der Waals surface area contributed by atoms with Gasteiger partial charge < -0.3 is 4.74 Å². The summed E-state index contributed by atoms with van der Waals surface area (Å²) in [6, 6.07) is 8.03. The number of methoxy groups -OCH3 is 1. The molecule has 1 heterocycles. The van der Waals surface area contributed by atoms with Crippen molar-refractivity contribution in [2.24, 2.45) is 5.92 Å². The van der Waals surface area contributed by atoms with Gasteiger partial charge in [-0.2, -0.15) is 0 Å². The Morgan fingerprint density at radius 1 is 1.32 bits per heavy atom. The molecule has 1 aromatic carbocycles. The van der Waals surface area contributed by atoms with Crippen LogP contribution >= 0.6 is 11.3 Å². The lowest BCUT2D eigenvalue weighted by Gasteiger charge is -2.20. The van der Waals surface area contributed by atoms with E-state index in [1.807, 2.05) is 45.0 Å². The fourth-order valence-corrected chi connectivity index (χ4v) is 3.01. The molecule has 0 spiro atoms. The van der Waals surface area contributed by atoms with Crippen molar-refractivity contribution in [1.29, 1.82) is 0 Å². The summed E-state index contributed by atoms with van der Waals surface area (Å²) in [5.74, 6) is -0.0628. The van der Waals surface area contributed by atoms with Crippen molar-refractivity contribution in [3.05, 3.63) is 29.8 Å². The van der Waals surface area contributed by atoms with Gasteiger partial charge in [-0.25, -0.2) is 0 Å². The minimum atomic E-state index is -0.0948. The summed E-state index contributed by atoms with van der Waals surface area (Å²) < 4.78 is 5.10. The first-order valence-electron chi connectivity index (χ1n) is 7.24. The van der Waals surface area contributed by atoms with E-state index in [0.717, 1.165) is 16.1 Å². The molecular formula is C16H21N3O2S. The van der Waals surface area contributed by atoms with Crippen molar-refractivity contribution in [3.8, 4) is 10.6 Å². The van der Waals surface area contributed by atoms with Crippen molar-refractivity contribution in [1.82, 2.24) is 10.2 Å². The molecule has 118 valence electrons. The van der Waals surface area contributed by atoms with Crippen LogP contribution < -0.4 is 4.90 Å². The zero-order chi connectivity index (χ0) is 16.1. The van der Waals surface area contributed by atoms with Crippen molar-refractivity contribution in [2.75, 3.05) is 25.2 Å². The third kappa shape index (κ3) is 3.69. The second kappa shape index (κ2) is 7.47. The molecule has 0 saturated heterocycles. The standard InChI is InChI=1S/C16H21N3O2S/c1-11(2)15(20)19(9-10-21-4)16-18-17-14(22-16)13-8-6-5-7-12(13)3/h5-8,11H,9-10H2,1-4H3. The number of ether oxygens (including phenoxy) is 1. The molecule has 2 rings (SSSR count). The number of aryl methyl sites for hydroxylation is 1. The van der Waals surface area contributed by atoms with Gasteiger partial charge in [-0.1, -0.05) is 49.4 Å². The predicted molar refractivity (Wildman–Crippen MR) is 89.1 cm³/mol. The Balaban J connectivity index is 2.30. The Bertz CT molecular complexity index is 640. The van der Waals surface area contributed by atoms with Crippen molar-refractivity contribution >= 4 is 22.4 Å². The van der Waals surface area contributed by atoms with E-state index in [-0.39, 0.29) is 11.8 Å². The van der Waals surface area contributed by atoms with E-state index in [1.165, 1.54) is 11.3 Å². The van der Waals surface area contributed by atoms with Crippen LogP contribution in [0.4, 0.5) is 5.13 Å². The first-order chi connectivity index (χ1) is 10.5. The molecule has 0 N–H and O–H groups in total. The van der Waals surface area contributed by atoms with E-state index in [4.69, 9.17) is 4.74 Å². The monoisotopic (exact) mass is 319 g/mol. The van der Waals surface area contributed by atoms with Crippen LogP contribution in [0.5, 0.6) is 0 Å². The summed E-state index contributed by atoms with van der Waals surface area (Å²) in [6.07, 6.45) is 0. The third-order valence-electron chi connectivity index (χ3n) is 3.30. The van der Waals surface area contributed by atoms with Crippen LogP contribution in [0.2, 0.25) is 0 Å². The smallest absolute Gasteiger partial charge is 0.231 e. The average molecular weight is 319 g/mol. The summed E-state index contributed by atoms with van der Waals surface area (Å²) in [7, 11) is 1.62. The van der Waals surface area contributed by atoms with Gasteiger partial charge in [-0.15, -0.1) is 10.2 Å². The van der Waals surface area contributed by atoms with Gasteiger partial charge >= 0.3 is 0 Å². The number of rotatable bonds is 6. The molecule has 0 fully saturated rings. The lowest BCUT2D eigenvalue weighted by atomic mass is 10.1. The second-order valence-electron chi connectivity index (χ2n) is 5.34. The minimum absolute atomic E-state index is 0.0320. The largest absolute Gasteiger partial charge is 0.383 e. The maximum Gasteiger partial charge on any atom is 0.231 e. The highest BCUT2D eigenvalue weighted by atomic mass is 32.1. The molecule has 2 aromatic rings. The van der Waals surface area contributed by atoms with Gasteiger partial charge in [0, 0.05) is 18.6 Å². The number of benzene rings is 1. The molecule has 0 bridgehead atoms. The van der Waals surface area contributed by atoms with Crippen LogP contribution in [0, 0.1) is 12.8 Å². The predicted octanol–water partition coefficient (Wildman–Crippen LogP) is 3.15. The van der Waals surface area contributed by atoms with E-state index in [2.05, 4.69) is 10.2 Å². The molecule has 0 atom stereocenters. The lowest BCUT2D eigenvalue weighted by molar-refractivity contribution is -0.121. The molecule has 0 saturated carbocycles. The number of nitrogens with zero attached hydrogens (tertiary/aromatic N) is 3. The second-order valence-corrected chi connectivity index (χ2v) is 6.30. The normalized spacial score (nSPS) is 11.0. The zero-order valence-corrected chi connectivity index (χ0v) is 14.2. The first kappa shape index (κ1) is 16.6. The summed E-state index contributed by atoms with van der Waals surface area (Å²) in [6.45, 7) is 6.75. The van der Waals surface area contributed by atoms with Gasteiger partial charge in [0.2, 0.25) is 11.0 Å². The van der Waals surface area contributed by atoms with Crippen LogP contribution in [-0.4, -0.2) is 36.4 Å². The molecule has 0 radical (unpaired) electrons. The Morgan fingerprint density at radius 3 is 2.68 bits per heavy atom. The van der Waals surface area contributed by atoms with E-state index < -0.39 is 0 Å². The average Bonchev–Trinajstić information content (AvgIpc) is 2.97. The topological polar surface area (TPSA) is 55.3 Å². The van der Waals surface area contributed by atoms with Crippen molar-refractivity contribution in [2.45, 2.75) is 20.8 Å². The van der Waals surface area contributed by atoms with Crippen LogP contribution in [0.15, 0.2) is 24.3 Å². The molecule has 6 heteroatoms. The van der Waals surface area contributed by atoms with Gasteiger partial charge in [0.25, 0.3) is 0 Å². The van der Waals surface area contributed by atoms with Gasteiger partial charge in [-0.3, -0.25) is 9.69 Å². The van der Waals surface area contributed by atoms with Crippen LogP contribution in [-0.2, 0) is 9.53 Å². The van der Waals surface area contributed by atoms with Crippen molar-refractivity contribution in [3.63, 3.8) is 0 Å². The Morgan fingerprint density at radius 2 is 2.05 bits per heavy atom. The van der Waals surface area contributed by atoms with E-state index >= 15 is 0 Å². The Labute approximate surface area is 134 Å². The van der Waals surface area contributed by atoms with Gasteiger partial charge in [0.15, 0.2) is 0 Å². The zero-order valence-electron chi connectivity index (χ0n) is 13.4. The number of hydrogen-bond donors (Lipinski definition) is 0. The molecule has 0 aliphatic heterocycles. The lowest BCUT2D eigenvalue weighted by Crippen LogP contribution is -2.36. The third-order valence-corrected chi connectivity index (χ3v) is 4.28.